The summed E-state index contributed by atoms with van der Waals surface area (Å²) in [4.78, 5) is 13.2. The van der Waals surface area contributed by atoms with Gasteiger partial charge in [-0.2, -0.15) is 8.42 Å². The maximum absolute atomic E-state index is 14.4. The van der Waals surface area contributed by atoms with Gasteiger partial charge in [0.1, 0.15) is 17.9 Å². The zero-order valence-electron chi connectivity index (χ0n) is 14.9. The lowest BCUT2D eigenvalue weighted by molar-refractivity contribution is -0.00892. The number of hydrogen-bond donors (Lipinski definition) is 0. The van der Waals surface area contributed by atoms with Gasteiger partial charge in [0, 0.05) is 6.54 Å². The first-order valence-corrected chi connectivity index (χ1v) is 9.51. The maximum Gasteiger partial charge on any atom is 0.410 e. The predicted octanol–water partition coefficient (Wildman–Crippen LogP) is 3.05. The molecule has 1 amide bonds. The fourth-order valence-electron chi connectivity index (χ4n) is 2.41. The molecule has 0 aliphatic carbocycles. The molecule has 1 aromatic carbocycles. The van der Waals surface area contributed by atoms with E-state index in [1.54, 1.807) is 32.9 Å². The Bertz CT molecular complexity index is 712. The number of benzene rings is 1. The summed E-state index contributed by atoms with van der Waals surface area (Å²) < 4.78 is 49.2. The van der Waals surface area contributed by atoms with E-state index in [1.807, 2.05) is 6.92 Å². The van der Waals surface area contributed by atoms with E-state index in [1.165, 1.54) is 17.0 Å². The van der Waals surface area contributed by atoms with Gasteiger partial charge in [-0.15, -0.1) is 0 Å². The van der Waals surface area contributed by atoms with E-state index in [0.29, 0.717) is 0 Å². The number of carbonyl (C=O) groups excluding carboxylic acids is 1. The van der Waals surface area contributed by atoms with Crippen LogP contribution >= 0.6 is 0 Å². The van der Waals surface area contributed by atoms with Crippen LogP contribution in [0.4, 0.5) is 9.18 Å². The van der Waals surface area contributed by atoms with E-state index in [4.69, 9.17) is 8.92 Å². The molecule has 0 radical (unpaired) electrons. The summed E-state index contributed by atoms with van der Waals surface area (Å²) in [5.41, 5.74) is 0.235. The van der Waals surface area contributed by atoms with E-state index in [-0.39, 0.29) is 24.4 Å². The monoisotopic (exact) mass is 373 g/mol. The highest BCUT2D eigenvalue weighted by molar-refractivity contribution is 7.86. The minimum absolute atomic E-state index is 0.0140. The fraction of sp³-hybridized carbons (Fsp3) is 0.588. The molecule has 0 aromatic heterocycles. The zero-order valence-corrected chi connectivity index (χ0v) is 15.7. The van der Waals surface area contributed by atoms with Crippen LogP contribution in [0.5, 0.6) is 0 Å². The van der Waals surface area contributed by atoms with Gasteiger partial charge in [0.25, 0.3) is 10.1 Å². The van der Waals surface area contributed by atoms with Crippen LogP contribution in [0.15, 0.2) is 29.2 Å². The number of amides is 1. The summed E-state index contributed by atoms with van der Waals surface area (Å²) in [7, 11) is -4.05. The third-order valence-electron chi connectivity index (χ3n) is 3.69. The molecule has 0 bridgehead atoms. The molecule has 1 aromatic rings. The van der Waals surface area contributed by atoms with Gasteiger partial charge in [0.15, 0.2) is 0 Å². The summed E-state index contributed by atoms with van der Waals surface area (Å²) in [5.74, 6) is 0. The first-order valence-electron chi connectivity index (χ1n) is 8.10. The highest BCUT2D eigenvalue weighted by atomic mass is 32.2. The number of piperidine rings is 1. The second-order valence-electron chi connectivity index (χ2n) is 7.13. The lowest BCUT2D eigenvalue weighted by atomic mass is 10.1. The summed E-state index contributed by atoms with van der Waals surface area (Å²) >= 11 is 0. The van der Waals surface area contributed by atoms with Crippen LogP contribution in [0.3, 0.4) is 0 Å². The third kappa shape index (κ3) is 5.40. The van der Waals surface area contributed by atoms with E-state index in [9.17, 15) is 17.6 Å². The first kappa shape index (κ1) is 19.7. The van der Waals surface area contributed by atoms with Gasteiger partial charge in [0.05, 0.1) is 11.4 Å². The number of ether oxygens (including phenoxy) is 1. The SMILES string of the molecule is Cc1ccc(S(=O)(=O)O[C@H]2CCN(C(=O)OC(C)(C)C)C[C@@H]2F)cc1. The van der Waals surface area contributed by atoms with Crippen molar-refractivity contribution in [1.29, 1.82) is 0 Å². The van der Waals surface area contributed by atoms with Crippen molar-refractivity contribution in [3.63, 3.8) is 0 Å². The number of alkyl halides is 1. The van der Waals surface area contributed by atoms with Crippen molar-refractivity contribution >= 4 is 16.2 Å². The summed E-state index contributed by atoms with van der Waals surface area (Å²) in [5, 5.41) is 0. The summed E-state index contributed by atoms with van der Waals surface area (Å²) in [6, 6.07) is 6.14. The van der Waals surface area contributed by atoms with Crippen LogP contribution < -0.4 is 0 Å². The molecule has 8 heteroatoms. The van der Waals surface area contributed by atoms with Crippen molar-refractivity contribution in [3.8, 4) is 0 Å². The van der Waals surface area contributed by atoms with E-state index >= 15 is 0 Å². The van der Waals surface area contributed by atoms with Crippen molar-refractivity contribution in [2.45, 2.75) is 56.9 Å². The lowest BCUT2D eigenvalue weighted by Crippen LogP contribution is -2.49. The van der Waals surface area contributed by atoms with E-state index in [2.05, 4.69) is 0 Å². The van der Waals surface area contributed by atoms with Gasteiger partial charge in [-0.25, -0.2) is 9.18 Å². The molecular weight excluding hydrogens is 349 g/mol. The normalized spacial score (nSPS) is 21.9. The number of halogens is 1. The highest BCUT2D eigenvalue weighted by Crippen LogP contribution is 2.24. The predicted molar refractivity (Wildman–Crippen MR) is 90.6 cm³/mol. The van der Waals surface area contributed by atoms with Crippen LogP contribution in [0.25, 0.3) is 0 Å². The summed E-state index contributed by atoms with van der Waals surface area (Å²) in [6.07, 6.45) is -3.27. The molecule has 1 aliphatic rings. The molecule has 1 aliphatic heterocycles. The topological polar surface area (TPSA) is 72.9 Å². The standard InChI is InChI=1S/C17H24FNO5S/c1-12-5-7-13(8-6-12)25(21,22)24-15-9-10-19(11-14(15)18)16(20)23-17(2,3)4/h5-8,14-15H,9-11H2,1-4H3/t14-,15-/m0/s1. The number of nitrogens with zero attached hydrogens (tertiary/aromatic N) is 1. The Kier molecular flexibility index (Phi) is 5.73. The first-order chi connectivity index (χ1) is 11.5. The Labute approximate surface area is 148 Å². The highest BCUT2D eigenvalue weighted by Gasteiger charge is 2.37. The fourth-order valence-corrected chi connectivity index (χ4v) is 3.53. The summed E-state index contributed by atoms with van der Waals surface area (Å²) in [6.45, 7) is 6.92. The molecule has 25 heavy (non-hydrogen) atoms. The van der Waals surface area contributed by atoms with E-state index < -0.39 is 34.1 Å². The average molecular weight is 373 g/mol. The van der Waals surface area contributed by atoms with Crippen LogP contribution in [0, 0.1) is 6.92 Å². The molecule has 140 valence electrons. The smallest absolute Gasteiger partial charge is 0.410 e. The Morgan fingerprint density at radius 2 is 1.84 bits per heavy atom. The molecule has 0 N–H and O–H groups in total. The van der Waals surface area contributed by atoms with Crippen LogP contribution in [0.2, 0.25) is 0 Å². The second-order valence-corrected chi connectivity index (χ2v) is 8.70. The Morgan fingerprint density at radius 3 is 2.36 bits per heavy atom. The lowest BCUT2D eigenvalue weighted by Gasteiger charge is -2.35. The number of carbonyl (C=O) groups is 1. The van der Waals surface area contributed by atoms with Crippen molar-refractivity contribution in [3.05, 3.63) is 29.8 Å². The Balaban J connectivity index is 1.99. The maximum atomic E-state index is 14.4. The molecule has 2 rings (SSSR count). The molecule has 1 saturated heterocycles. The molecule has 0 unspecified atom stereocenters. The minimum atomic E-state index is -4.05. The van der Waals surface area contributed by atoms with Crippen molar-refractivity contribution in [2.24, 2.45) is 0 Å². The number of likely N-dealkylation sites (tertiary alicyclic amines) is 1. The van der Waals surface area contributed by atoms with Crippen molar-refractivity contribution < 1.29 is 26.5 Å². The largest absolute Gasteiger partial charge is 0.444 e. The Morgan fingerprint density at radius 1 is 1.24 bits per heavy atom. The van der Waals surface area contributed by atoms with Gasteiger partial charge < -0.3 is 9.64 Å². The molecule has 0 spiro atoms. The van der Waals surface area contributed by atoms with Crippen molar-refractivity contribution in [1.82, 2.24) is 4.90 Å². The van der Waals surface area contributed by atoms with Gasteiger partial charge in [-0.1, -0.05) is 17.7 Å². The number of hydrogen-bond acceptors (Lipinski definition) is 5. The van der Waals surface area contributed by atoms with Crippen LogP contribution in [-0.4, -0.2) is 50.4 Å². The van der Waals surface area contributed by atoms with Gasteiger partial charge >= 0.3 is 6.09 Å². The zero-order chi connectivity index (χ0) is 18.8. The Hall–Kier alpha value is -1.67. The molecule has 1 fully saturated rings. The third-order valence-corrected chi connectivity index (χ3v) is 5.04. The average Bonchev–Trinajstić information content (AvgIpc) is 2.48. The molecule has 0 saturated carbocycles. The minimum Gasteiger partial charge on any atom is -0.444 e. The molecular formula is C17H24FNO5S. The van der Waals surface area contributed by atoms with E-state index in [0.717, 1.165) is 5.56 Å². The second kappa shape index (κ2) is 7.29. The quantitative estimate of drug-likeness (QED) is 0.762. The van der Waals surface area contributed by atoms with Gasteiger partial charge in [-0.05, 0) is 46.2 Å². The van der Waals surface area contributed by atoms with Crippen LogP contribution in [-0.2, 0) is 19.0 Å². The molecule has 6 nitrogen and oxygen atoms in total. The van der Waals surface area contributed by atoms with Crippen LogP contribution in [0.1, 0.15) is 32.8 Å². The van der Waals surface area contributed by atoms with Crippen molar-refractivity contribution in [2.75, 3.05) is 13.1 Å². The van der Waals surface area contributed by atoms with Gasteiger partial charge in [-0.3, -0.25) is 4.18 Å². The number of aryl methyl sites for hydroxylation is 1. The molecule has 2 atom stereocenters. The molecule has 1 heterocycles. The van der Waals surface area contributed by atoms with Gasteiger partial charge in [0.2, 0.25) is 0 Å². The number of rotatable bonds is 3.